The highest BCUT2D eigenvalue weighted by Crippen LogP contribution is 2.21. The van der Waals surface area contributed by atoms with Crippen molar-refractivity contribution in [3.63, 3.8) is 0 Å². The molecule has 4 rings (SSSR count). The highest BCUT2D eigenvalue weighted by atomic mass is 15.1. The lowest BCUT2D eigenvalue weighted by Crippen LogP contribution is -2.03. The van der Waals surface area contributed by atoms with Crippen LogP contribution in [0, 0.1) is 6.92 Å². The molecule has 110 valence electrons. The zero-order valence-corrected chi connectivity index (χ0v) is 12.4. The normalized spacial score (nSPS) is 11.3. The average molecular weight is 291 g/mol. The number of nitrogens with zero attached hydrogens (tertiary/aromatic N) is 3. The van der Waals surface area contributed by atoms with E-state index in [9.17, 15) is 0 Å². The van der Waals surface area contributed by atoms with Crippen LogP contribution < -0.4 is 0 Å². The van der Waals surface area contributed by atoms with Gasteiger partial charge in [0.15, 0.2) is 5.82 Å². The van der Waals surface area contributed by atoms with Gasteiger partial charge in [-0.15, -0.1) is 0 Å². The summed E-state index contributed by atoms with van der Waals surface area (Å²) in [4.78, 5) is 15.3. The molecule has 0 aliphatic rings. The molecule has 2 N–H and O–H groups in total. The van der Waals surface area contributed by atoms with Crippen molar-refractivity contribution < 1.29 is 0 Å². The number of para-hydroxylation sites is 1. The summed E-state index contributed by atoms with van der Waals surface area (Å²) < 4.78 is 2.16. The van der Waals surface area contributed by atoms with Crippen molar-refractivity contribution in [2.24, 2.45) is 0 Å². The second-order valence-electron chi connectivity index (χ2n) is 5.43. The molecule has 0 aliphatic heterocycles. The molecule has 5 heteroatoms. The summed E-state index contributed by atoms with van der Waals surface area (Å²) in [6, 6.07) is 8.40. The average Bonchev–Trinajstić information content (AvgIpc) is 3.24. The van der Waals surface area contributed by atoms with Crippen LogP contribution in [-0.2, 0) is 13.0 Å². The van der Waals surface area contributed by atoms with Crippen LogP contribution in [0.15, 0.2) is 49.2 Å². The quantitative estimate of drug-likeness (QED) is 0.606. The van der Waals surface area contributed by atoms with Crippen molar-refractivity contribution in [1.29, 1.82) is 0 Å². The molecule has 0 amide bonds. The molecule has 0 unspecified atom stereocenters. The minimum absolute atomic E-state index is 0.878. The van der Waals surface area contributed by atoms with E-state index in [1.54, 1.807) is 6.33 Å². The first-order valence-electron chi connectivity index (χ1n) is 7.39. The van der Waals surface area contributed by atoms with Gasteiger partial charge in [0.1, 0.15) is 5.69 Å². The van der Waals surface area contributed by atoms with E-state index in [0.717, 1.165) is 30.2 Å². The van der Waals surface area contributed by atoms with Crippen LogP contribution in [0.5, 0.6) is 0 Å². The van der Waals surface area contributed by atoms with Gasteiger partial charge in [-0.25, -0.2) is 9.97 Å². The SMILES string of the molecule is Cc1[nH]cnc1-c1nccn1CCc1c[nH]c2ccccc12. The number of rotatable bonds is 4. The van der Waals surface area contributed by atoms with Crippen LogP contribution in [0.4, 0.5) is 0 Å². The zero-order valence-electron chi connectivity index (χ0n) is 12.4. The Kier molecular flexibility index (Phi) is 3.04. The summed E-state index contributed by atoms with van der Waals surface area (Å²) in [5, 5.41) is 1.29. The van der Waals surface area contributed by atoms with Crippen LogP contribution >= 0.6 is 0 Å². The topological polar surface area (TPSA) is 62.3 Å². The minimum Gasteiger partial charge on any atom is -0.361 e. The first-order chi connectivity index (χ1) is 10.8. The van der Waals surface area contributed by atoms with E-state index < -0.39 is 0 Å². The number of imidazole rings is 2. The molecule has 22 heavy (non-hydrogen) atoms. The van der Waals surface area contributed by atoms with Gasteiger partial charge in [0.25, 0.3) is 0 Å². The molecule has 3 aromatic heterocycles. The molecule has 0 atom stereocenters. The second kappa shape index (κ2) is 5.18. The Morgan fingerprint density at radius 1 is 1.14 bits per heavy atom. The Hall–Kier alpha value is -2.82. The molecule has 0 saturated heterocycles. The largest absolute Gasteiger partial charge is 0.361 e. The number of aromatic nitrogens is 5. The summed E-state index contributed by atoms with van der Waals surface area (Å²) in [6.45, 7) is 2.89. The Balaban J connectivity index is 1.60. The standard InChI is InChI=1S/C17H17N5/c1-12-16(21-11-20-12)17-18-7-9-22(17)8-6-13-10-19-15-5-3-2-4-14(13)15/h2-5,7,9-11,19H,6,8H2,1H3,(H,20,21). The van der Waals surface area contributed by atoms with Crippen molar-refractivity contribution in [3.05, 3.63) is 60.4 Å². The predicted molar refractivity (Wildman–Crippen MR) is 86.5 cm³/mol. The summed E-state index contributed by atoms with van der Waals surface area (Å²) in [6.07, 6.45) is 8.61. The lowest BCUT2D eigenvalue weighted by molar-refractivity contribution is 0.704. The van der Waals surface area contributed by atoms with Gasteiger partial charge in [0, 0.05) is 41.7 Å². The highest BCUT2D eigenvalue weighted by Gasteiger charge is 2.11. The Labute approximate surface area is 128 Å². The molecular formula is C17H17N5. The molecule has 0 bridgehead atoms. The van der Waals surface area contributed by atoms with Crippen molar-refractivity contribution in [3.8, 4) is 11.5 Å². The first kappa shape index (κ1) is 12.9. The fourth-order valence-corrected chi connectivity index (χ4v) is 2.87. The summed E-state index contributed by atoms with van der Waals surface area (Å²) in [7, 11) is 0. The van der Waals surface area contributed by atoms with Crippen molar-refractivity contribution in [1.82, 2.24) is 24.5 Å². The van der Waals surface area contributed by atoms with Gasteiger partial charge in [-0.3, -0.25) is 0 Å². The summed E-state index contributed by atoms with van der Waals surface area (Å²) >= 11 is 0. The molecular weight excluding hydrogens is 274 g/mol. The smallest absolute Gasteiger partial charge is 0.160 e. The molecule has 0 saturated carbocycles. The maximum atomic E-state index is 4.45. The molecule has 3 heterocycles. The number of nitrogens with one attached hydrogen (secondary N) is 2. The number of hydrogen-bond acceptors (Lipinski definition) is 2. The first-order valence-corrected chi connectivity index (χ1v) is 7.39. The van der Waals surface area contributed by atoms with Crippen molar-refractivity contribution >= 4 is 10.9 Å². The number of fused-ring (bicyclic) bond motifs is 1. The number of aryl methyl sites for hydroxylation is 3. The van der Waals surface area contributed by atoms with E-state index in [1.165, 1.54) is 16.5 Å². The van der Waals surface area contributed by atoms with E-state index in [4.69, 9.17) is 0 Å². The van der Waals surface area contributed by atoms with Gasteiger partial charge in [0.2, 0.25) is 0 Å². The maximum absolute atomic E-state index is 4.45. The van der Waals surface area contributed by atoms with Crippen molar-refractivity contribution in [2.45, 2.75) is 19.9 Å². The molecule has 4 aromatic rings. The van der Waals surface area contributed by atoms with E-state index >= 15 is 0 Å². The lowest BCUT2D eigenvalue weighted by atomic mass is 10.1. The zero-order chi connectivity index (χ0) is 14.9. The Morgan fingerprint density at radius 2 is 2.05 bits per heavy atom. The lowest BCUT2D eigenvalue weighted by Gasteiger charge is -2.06. The van der Waals surface area contributed by atoms with E-state index in [1.807, 2.05) is 19.3 Å². The molecule has 5 nitrogen and oxygen atoms in total. The van der Waals surface area contributed by atoms with Crippen LogP contribution in [-0.4, -0.2) is 24.5 Å². The van der Waals surface area contributed by atoms with E-state index in [2.05, 4.69) is 55.0 Å². The fraction of sp³-hybridized carbons (Fsp3) is 0.176. The minimum atomic E-state index is 0.878. The number of aromatic amines is 2. The third-order valence-corrected chi connectivity index (χ3v) is 4.05. The van der Waals surface area contributed by atoms with Crippen LogP contribution in [0.3, 0.4) is 0 Å². The molecule has 0 spiro atoms. The third-order valence-electron chi connectivity index (χ3n) is 4.05. The van der Waals surface area contributed by atoms with Gasteiger partial charge < -0.3 is 14.5 Å². The van der Waals surface area contributed by atoms with Crippen LogP contribution in [0.2, 0.25) is 0 Å². The maximum Gasteiger partial charge on any atom is 0.160 e. The summed E-state index contributed by atoms with van der Waals surface area (Å²) in [5.41, 5.74) is 4.48. The van der Waals surface area contributed by atoms with Gasteiger partial charge in [-0.05, 0) is 25.0 Å². The number of hydrogen-bond donors (Lipinski definition) is 2. The number of H-pyrrole nitrogens is 2. The monoisotopic (exact) mass is 291 g/mol. The van der Waals surface area contributed by atoms with E-state index in [-0.39, 0.29) is 0 Å². The predicted octanol–water partition coefficient (Wildman–Crippen LogP) is 3.31. The van der Waals surface area contributed by atoms with Crippen molar-refractivity contribution in [2.75, 3.05) is 0 Å². The van der Waals surface area contributed by atoms with E-state index in [0.29, 0.717) is 0 Å². The molecule has 1 aromatic carbocycles. The fourth-order valence-electron chi connectivity index (χ4n) is 2.87. The van der Waals surface area contributed by atoms with Gasteiger partial charge >= 0.3 is 0 Å². The Bertz CT molecular complexity index is 912. The van der Waals surface area contributed by atoms with Gasteiger partial charge in [0.05, 0.1) is 6.33 Å². The molecule has 0 fully saturated rings. The molecule has 0 aliphatic carbocycles. The van der Waals surface area contributed by atoms with Crippen LogP contribution in [0.1, 0.15) is 11.3 Å². The number of benzene rings is 1. The second-order valence-corrected chi connectivity index (χ2v) is 5.43. The third kappa shape index (κ3) is 2.11. The van der Waals surface area contributed by atoms with Gasteiger partial charge in [-0.1, -0.05) is 18.2 Å². The van der Waals surface area contributed by atoms with Gasteiger partial charge in [-0.2, -0.15) is 0 Å². The van der Waals surface area contributed by atoms with Crippen LogP contribution in [0.25, 0.3) is 22.4 Å². The summed E-state index contributed by atoms with van der Waals surface area (Å²) in [5.74, 6) is 0.915. The molecule has 0 radical (unpaired) electrons. The Morgan fingerprint density at radius 3 is 2.91 bits per heavy atom. The highest BCUT2D eigenvalue weighted by molar-refractivity contribution is 5.83.